The van der Waals surface area contributed by atoms with Crippen molar-refractivity contribution in [1.82, 2.24) is 4.90 Å². The van der Waals surface area contributed by atoms with Crippen LogP contribution in [0.3, 0.4) is 0 Å². The molecule has 0 atom stereocenters. The van der Waals surface area contributed by atoms with Gasteiger partial charge in [0, 0.05) is 18.3 Å². The highest BCUT2D eigenvalue weighted by Gasteiger charge is 2.14. The number of anilines is 1. The van der Waals surface area contributed by atoms with Crippen LogP contribution in [0.15, 0.2) is 36.4 Å². The third kappa shape index (κ3) is 4.51. The van der Waals surface area contributed by atoms with E-state index in [0.29, 0.717) is 31.2 Å². The Balaban J connectivity index is 1.56. The molecular formula is C20H24N2O3. The number of hydrogen-bond donors (Lipinski definition) is 1. The molecule has 1 amide bonds. The van der Waals surface area contributed by atoms with Crippen molar-refractivity contribution < 1.29 is 14.3 Å². The van der Waals surface area contributed by atoms with Crippen LogP contribution in [0, 0.1) is 13.8 Å². The number of ether oxygens (including phenoxy) is 2. The Labute approximate surface area is 148 Å². The van der Waals surface area contributed by atoms with E-state index in [2.05, 4.69) is 37.4 Å². The highest BCUT2D eigenvalue weighted by molar-refractivity contribution is 5.92. The summed E-state index contributed by atoms with van der Waals surface area (Å²) < 4.78 is 11.0. The van der Waals surface area contributed by atoms with E-state index in [1.807, 2.05) is 24.1 Å². The Morgan fingerprint density at radius 1 is 1.08 bits per heavy atom. The van der Waals surface area contributed by atoms with Crippen LogP contribution in [0.4, 0.5) is 5.69 Å². The molecular weight excluding hydrogens is 316 g/mol. The molecule has 2 aromatic rings. The number of rotatable bonds is 5. The van der Waals surface area contributed by atoms with Crippen molar-refractivity contribution in [2.45, 2.75) is 20.4 Å². The van der Waals surface area contributed by atoms with Crippen LogP contribution in [0.25, 0.3) is 0 Å². The first-order chi connectivity index (χ1) is 12.0. The van der Waals surface area contributed by atoms with Crippen molar-refractivity contribution >= 4 is 11.6 Å². The third-order valence-electron chi connectivity index (χ3n) is 4.18. The lowest BCUT2D eigenvalue weighted by atomic mass is 10.1. The lowest BCUT2D eigenvalue weighted by Crippen LogP contribution is -2.30. The highest BCUT2D eigenvalue weighted by atomic mass is 16.6. The minimum atomic E-state index is -0.0519. The van der Waals surface area contributed by atoms with E-state index < -0.39 is 0 Å². The van der Waals surface area contributed by atoms with Gasteiger partial charge in [-0.1, -0.05) is 23.8 Å². The molecule has 1 aliphatic heterocycles. The summed E-state index contributed by atoms with van der Waals surface area (Å²) in [5.41, 5.74) is 4.45. The predicted octanol–water partition coefficient (Wildman–Crippen LogP) is 3.15. The normalized spacial score (nSPS) is 13.0. The molecule has 2 aromatic carbocycles. The second-order valence-electron chi connectivity index (χ2n) is 6.51. The second-order valence-corrected chi connectivity index (χ2v) is 6.51. The minimum Gasteiger partial charge on any atom is -0.486 e. The number of amides is 1. The third-order valence-corrected chi connectivity index (χ3v) is 4.18. The summed E-state index contributed by atoms with van der Waals surface area (Å²) in [6, 6.07) is 11.8. The summed E-state index contributed by atoms with van der Waals surface area (Å²) >= 11 is 0. The number of fused-ring (bicyclic) bond motifs is 1. The van der Waals surface area contributed by atoms with Crippen molar-refractivity contribution in [2.24, 2.45) is 0 Å². The number of likely N-dealkylation sites (N-methyl/N-ethyl adjacent to an activating group) is 1. The van der Waals surface area contributed by atoms with E-state index in [1.165, 1.54) is 16.7 Å². The van der Waals surface area contributed by atoms with Gasteiger partial charge in [-0.05, 0) is 44.2 Å². The van der Waals surface area contributed by atoms with E-state index >= 15 is 0 Å². The van der Waals surface area contributed by atoms with E-state index in [0.717, 1.165) is 12.3 Å². The number of aryl methyl sites for hydroxylation is 2. The largest absolute Gasteiger partial charge is 0.486 e. The molecule has 5 nitrogen and oxygen atoms in total. The van der Waals surface area contributed by atoms with Crippen LogP contribution in [-0.4, -0.2) is 37.6 Å². The van der Waals surface area contributed by atoms with Crippen LogP contribution in [-0.2, 0) is 11.3 Å². The van der Waals surface area contributed by atoms with Crippen molar-refractivity contribution in [3.63, 3.8) is 0 Å². The standard InChI is InChI=1S/C20H24N2O3/c1-14-4-5-16(15(2)10-14)12-22(3)13-20(23)21-17-6-7-18-19(11-17)25-9-8-24-18/h4-7,10-11H,8-9,12-13H2,1-3H3,(H,21,23). The van der Waals surface area contributed by atoms with Gasteiger partial charge in [-0.3, -0.25) is 9.69 Å². The molecule has 0 unspecified atom stereocenters. The summed E-state index contributed by atoms with van der Waals surface area (Å²) in [7, 11) is 1.95. The van der Waals surface area contributed by atoms with Gasteiger partial charge >= 0.3 is 0 Å². The van der Waals surface area contributed by atoms with Crippen LogP contribution in [0.1, 0.15) is 16.7 Å². The Bertz CT molecular complexity index is 774. The summed E-state index contributed by atoms with van der Waals surface area (Å²) in [6.07, 6.45) is 0. The maximum atomic E-state index is 12.3. The first kappa shape index (κ1) is 17.3. The molecule has 1 N–H and O–H groups in total. The molecule has 0 fully saturated rings. The summed E-state index contributed by atoms with van der Waals surface area (Å²) in [5.74, 6) is 1.34. The average Bonchev–Trinajstić information content (AvgIpc) is 2.57. The number of carbonyl (C=O) groups is 1. The van der Waals surface area contributed by atoms with Gasteiger partial charge in [0.05, 0.1) is 6.54 Å². The first-order valence-electron chi connectivity index (χ1n) is 8.45. The Morgan fingerprint density at radius 3 is 2.60 bits per heavy atom. The van der Waals surface area contributed by atoms with Gasteiger partial charge in [-0.15, -0.1) is 0 Å². The number of nitrogens with zero attached hydrogens (tertiary/aromatic N) is 1. The van der Waals surface area contributed by atoms with E-state index in [4.69, 9.17) is 9.47 Å². The summed E-state index contributed by atoms with van der Waals surface area (Å²) in [5, 5.41) is 2.92. The van der Waals surface area contributed by atoms with Gasteiger partial charge in [0.2, 0.25) is 5.91 Å². The SMILES string of the molecule is Cc1ccc(CN(C)CC(=O)Nc2ccc3c(c2)OCCO3)c(C)c1. The summed E-state index contributed by atoms with van der Waals surface area (Å²) in [4.78, 5) is 14.3. The fourth-order valence-electron chi connectivity index (χ4n) is 2.94. The van der Waals surface area contributed by atoms with Crippen LogP contribution >= 0.6 is 0 Å². The second kappa shape index (κ2) is 7.57. The smallest absolute Gasteiger partial charge is 0.238 e. The van der Waals surface area contributed by atoms with Gasteiger partial charge in [0.15, 0.2) is 11.5 Å². The lowest BCUT2D eigenvalue weighted by molar-refractivity contribution is -0.117. The zero-order valence-corrected chi connectivity index (χ0v) is 15.0. The molecule has 0 saturated carbocycles. The molecule has 0 spiro atoms. The highest BCUT2D eigenvalue weighted by Crippen LogP contribution is 2.32. The molecule has 1 aliphatic rings. The number of nitrogens with one attached hydrogen (secondary N) is 1. The van der Waals surface area contributed by atoms with Crippen LogP contribution in [0.5, 0.6) is 11.5 Å². The molecule has 0 bridgehead atoms. The van der Waals surface area contributed by atoms with E-state index in [9.17, 15) is 4.79 Å². The van der Waals surface area contributed by atoms with Crippen LogP contribution < -0.4 is 14.8 Å². The minimum absolute atomic E-state index is 0.0519. The van der Waals surface area contributed by atoms with Gasteiger partial charge < -0.3 is 14.8 Å². The lowest BCUT2D eigenvalue weighted by Gasteiger charge is -2.20. The zero-order valence-electron chi connectivity index (χ0n) is 15.0. The Morgan fingerprint density at radius 2 is 1.84 bits per heavy atom. The molecule has 1 heterocycles. The number of benzene rings is 2. The Kier molecular flexibility index (Phi) is 5.24. The maximum absolute atomic E-state index is 12.3. The number of carbonyl (C=O) groups excluding carboxylic acids is 1. The Hall–Kier alpha value is -2.53. The maximum Gasteiger partial charge on any atom is 0.238 e. The molecule has 0 radical (unpaired) electrons. The fourth-order valence-corrected chi connectivity index (χ4v) is 2.94. The predicted molar refractivity (Wildman–Crippen MR) is 98.3 cm³/mol. The van der Waals surface area contributed by atoms with Crippen LogP contribution in [0.2, 0.25) is 0 Å². The molecule has 132 valence electrons. The quantitative estimate of drug-likeness (QED) is 0.908. The molecule has 0 aromatic heterocycles. The van der Waals surface area contributed by atoms with Crippen molar-refractivity contribution in [3.8, 4) is 11.5 Å². The molecule has 5 heteroatoms. The average molecular weight is 340 g/mol. The molecule has 0 saturated heterocycles. The fraction of sp³-hybridized carbons (Fsp3) is 0.350. The topological polar surface area (TPSA) is 50.8 Å². The van der Waals surface area contributed by atoms with Crippen molar-refractivity contribution in [1.29, 1.82) is 0 Å². The van der Waals surface area contributed by atoms with Gasteiger partial charge in [-0.2, -0.15) is 0 Å². The monoisotopic (exact) mass is 340 g/mol. The van der Waals surface area contributed by atoms with E-state index in [1.54, 1.807) is 6.07 Å². The molecule has 3 rings (SSSR count). The summed E-state index contributed by atoms with van der Waals surface area (Å²) in [6.45, 7) is 6.33. The van der Waals surface area contributed by atoms with Gasteiger partial charge in [0.25, 0.3) is 0 Å². The van der Waals surface area contributed by atoms with Crippen molar-refractivity contribution in [3.05, 3.63) is 53.1 Å². The van der Waals surface area contributed by atoms with Crippen molar-refractivity contribution in [2.75, 3.05) is 32.1 Å². The van der Waals surface area contributed by atoms with E-state index in [-0.39, 0.29) is 5.91 Å². The molecule has 0 aliphatic carbocycles. The zero-order chi connectivity index (χ0) is 17.8. The molecule has 25 heavy (non-hydrogen) atoms. The number of hydrogen-bond acceptors (Lipinski definition) is 4. The van der Waals surface area contributed by atoms with Gasteiger partial charge in [0.1, 0.15) is 13.2 Å². The first-order valence-corrected chi connectivity index (χ1v) is 8.45. The van der Waals surface area contributed by atoms with Gasteiger partial charge in [-0.25, -0.2) is 0 Å².